The van der Waals surface area contributed by atoms with Crippen LogP contribution in [0.5, 0.6) is 0 Å². The molecule has 0 aromatic heterocycles. The van der Waals surface area contributed by atoms with Gasteiger partial charge in [0.05, 0.1) is 11.5 Å². The Kier molecular flexibility index (Phi) is 6.43. The van der Waals surface area contributed by atoms with Crippen molar-refractivity contribution in [1.82, 2.24) is 4.72 Å². The molecule has 4 N–H and O–H groups in total. The monoisotopic (exact) mass is 301 g/mol. The van der Waals surface area contributed by atoms with Crippen LogP contribution in [0.2, 0.25) is 0 Å². The van der Waals surface area contributed by atoms with Crippen molar-refractivity contribution in [2.75, 3.05) is 31.6 Å². The number of anilines is 1. The van der Waals surface area contributed by atoms with Crippen molar-refractivity contribution in [3.05, 3.63) is 24.3 Å². The van der Waals surface area contributed by atoms with Crippen LogP contribution in [0.15, 0.2) is 29.2 Å². The topological polar surface area (TPSA) is 111 Å². The van der Waals surface area contributed by atoms with Crippen LogP contribution in [-0.2, 0) is 19.6 Å². The summed E-state index contributed by atoms with van der Waals surface area (Å²) in [6.45, 7) is 2.79. The van der Waals surface area contributed by atoms with Gasteiger partial charge in [-0.25, -0.2) is 13.1 Å². The number of rotatable bonds is 9. The standard InChI is InChI=1S/C12H19N3O4S/c1-2-15-20(17,18)11-5-3-10(4-6-11)14-7-8-19-9-12(13)16/h3-6,14-15H,2,7-9H2,1H3,(H2,13,16). The smallest absolute Gasteiger partial charge is 0.243 e. The fourth-order valence-corrected chi connectivity index (χ4v) is 2.51. The zero-order valence-corrected chi connectivity index (χ0v) is 12.1. The molecule has 112 valence electrons. The summed E-state index contributed by atoms with van der Waals surface area (Å²) in [5.74, 6) is -0.511. The van der Waals surface area contributed by atoms with Crippen molar-refractivity contribution in [3.63, 3.8) is 0 Å². The van der Waals surface area contributed by atoms with Gasteiger partial charge in [-0.2, -0.15) is 0 Å². The van der Waals surface area contributed by atoms with Crippen LogP contribution < -0.4 is 15.8 Å². The summed E-state index contributed by atoms with van der Waals surface area (Å²) >= 11 is 0. The number of carbonyl (C=O) groups excluding carboxylic acids is 1. The molecule has 0 aliphatic rings. The van der Waals surface area contributed by atoms with Crippen molar-refractivity contribution in [2.45, 2.75) is 11.8 Å². The number of carbonyl (C=O) groups is 1. The molecule has 1 aromatic carbocycles. The molecule has 0 bridgehead atoms. The van der Waals surface area contributed by atoms with Gasteiger partial charge in [-0.3, -0.25) is 4.79 Å². The number of sulfonamides is 1. The molecular weight excluding hydrogens is 282 g/mol. The van der Waals surface area contributed by atoms with Crippen molar-refractivity contribution < 1.29 is 17.9 Å². The summed E-state index contributed by atoms with van der Waals surface area (Å²) in [4.78, 5) is 10.6. The number of nitrogens with one attached hydrogen (secondary N) is 2. The second kappa shape index (κ2) is 7.83. The van der Waals surface area contributed by atoms with Gasteiger partial charge in [0.1, 0.15) is 6.61 Å². The van der Waals surface area contributed by atoms with Gasteiger partial charge in [0.2, 0.25) is 15.9 Å². The fourth-order valence-electron chi connectivity index (χ4n) is 1.47. The van der Waals surface area contributed by atoms with Crippen LogP contribution in [0.1, 0.15) is 6.92 Å². The number of benzene rings is 1. The van der Waals surface area contributed by atoms with Crippen molar-refractivity contribution in [3.8, 4) is 0 Å². The van der Waals surface area contributed by atoms with Gasteiger partial charge >= 0.3 is 0 Å². The van der Waals surface area contributed by atoms with Crippen molar-refractivity contribution in [1.29, 1.82) is 0 Å². The van der Waals surface area contributed by atoms with Gasteiger partial charge in [-0.1, -0.05) is 6.92 Å². The molecule has 0 radical (unpaired) electrons. The average Bonchev–Trinajstić information content (AvgIpc) is 2.38. The number of primary amides is 1. The third-order valence-electron chi connectivity index (χ3n) is 2.32. The van der Waals surface area contributed by atoms with Gasteiger partial charge in [0.25, 0.3) is 0 Å². The van der Waals surface area contributed by atoms with E-state index in [1.807, 2.05) is 0 Å². The Morgan fingerprint density at radius 2 is 1.95 bits per heavy atom. The van der Waals surface area contributed by atoms with Gasteiger partial charge in [0, 0.05) is 18.8 Å². The van der Waals surface area contributed by atoms with E-state index in [2.05, 4.69) is 10.0 Å². The lowest BCUT2D eigenvalue weighted by molar-refractivity contribution is -0.122. The Labute approximate surface area is 118 Å². The summed E-state index contributed by atoms with van der Waals surface area (Å²) < 4.78 is 30.8. The van der Waals surface area contributed by atoms with Gasteiger partial charge in [0.15, 0.2) is 0 Å². The summed E-state index contributed by atoms with van der Waals surface area (Å²) in [6, 6.07) is 6.37. The van der Waals surface area contributed by atoms with E-state index in [4.69, 9.17) is 10.5 Å². The second-order valence-corrected chi connectivity index (χ2v) is 5.74. The van der Waals surface area contributed by atoms with Crippen LogP contribution in [0, 0.1) is 0 Å². The molecule has 1 amide bonds. The third-order valence-corrected chi connectivity index (χ3v) is 3.88. The average molecular weight is 301 g/mol. The number of ether oxygens (including phenoxy) is 1. The van der Waals surface area contributed by atoms with Crippen LogP contribution in [0.4, 0.5) is 5.69 Å². The molecule has 0 unspecified atom stereocenters. The molecular formula is C12H19N3O4S. The highest BCUT2D eigenvalue weighted by molar-refractivity contribution is 7.89. The summed E-state index contributed by atoms with van der Waals surface area (Å²) in [5.41, 5.74) is 5.69. The Bertz CT molecular complexity index is 528. The van der Waals surface area contributed by atoms with Crippen LogP contribution in [0.3, 0.4) is 0 Å². The van der Waals surface area contributed by atoms with Gasteiger partial charge in [-0.05, 0) is 24.3 Å². The lowest BCUT2D eigenvalue weighted by atomic mass is 10.3. The van der Waals surface area contributed by atoms with E-state index in [-0.39, 0.29) is 11.5 Å². The minimum atomic E-state index is -3.42. The summed E-state index contributed by atoms with van der Waals surface area (Å²) in [6.07, 6.45) is 0. The summed E-state index contributed by atoms with van der Waals surface area (Å²) in [7, 11) is -3.42. The maximum absolute atomic E-state index is 11.7. The molecule has 0 heterocycles. The van der Waals surface area contributed by atoms with Crippen LogP contribution in [-0.4, -0.2) is 40.6 Å². The molecule has 20 heavy (non-hydrogen) atoms. The van der Waals surface area contributed by atoms with Crippen LogP contribution >= 0.6 is 0 Å². The molecule has 0 saturated carbocycles. The van der Waals surface area contributed by atoms with E-state index >= 15 is 0 Å². The Hall–Kier alpha value is -1.64. The number of nitrogens with two attached hydrogens (primary N) is 1. The first-order valence-corrected chi connectivity index (χ1v) is 7.63. The van der Waals surface area contributed by atoms with Crippen molar-refractivity contribution in [2.24, 2.45) is 5.73 Å². The Morgan fingerprint density at radius 3 is 2.50 bits per heavy atom. The predicted molar refractivity (Wildman–Crippen MR) is 75.8 cm³/mol. The van der Waals surface area contributed by atoms with Gasteiger partial charge in [-0.15, -0.1) is 0 Å². The lowest BCUT2D eigenvalue weighted by Crippen LogP contribution is -2.23. The number of hydrogen-bond donors (Lipinski definition) is 3. The van der Waals surface area contributed by atoms with E-state index in [9.17, 15) is 13.2 Å². The lowest BCUT2D eigenvalue weighted by Gasteiger charge is -2.08. The zero-order chi connectivity index (χ0) is 15.0. The second-order valence-electron chi connectivity index (χ2n) is 3.97. The molecule has 0 fully saturated rings. The van der Waals surface area contributed by atoms with E-state index in [1.54, 1.807) is 19.1 Å². The SMILES string of the molecule is CCNS(=O)(=O)c1ccc(NCCOCC(N)=O)cc1. The van der Waals surface area contributed by atoms with E-state index in [1.165, 1.54) is 12.1 Å². The first-order valence-electron chi connectivity index (χ1n) is 6.15. The molecule has 1 aromatic rings. The molecule has 0 spiro atoms. The number of hydrogen-bond acceptors (Lipinski definition) is 5. The Morgan fingerprint density at radius 1 is 1.30 bits per heavy atom. The maximum atomic E-state index is 11.7. The molecule has 0 saturated heterocycles. The molecule has 7 nitrogen and oxygen atoms in total. The van der Waals surface area contributed by atoms with E-state index < -0.39 is 15.9 Å². The Balaban J connectivity index is 2.45. The van der Waals surface area contributed by atoms with Crippen molar-refractivity contribution >= 4 is 21.6 Å². The predicted octanol–water partition coefficient (Wildman–Crippen LogP) is -0.101. The largest absolute Gasteiger partial charge is 0.383 e. The highest BCUT2D eigenvalue weighted by Crippen LogP contribution is 2.13. The quantitative estimate of drug-likeness (QED) is 0.552. The minimum Gasteiger partial charge on any atom is -0.383 e. The first-order chi connectivity index (χ1) is 9.45. The minimum absolute atomic E-state index is 0.110. The highest BCUT2D eigenvalue weighted by Gasteiger charge is 2.11. The molecule has 1 rings (SSSR count). The first kappa shape index (κ1) is 16.4. The van der Waals surface area contributed by atoms with E-state index in [0.29, 0.717) is 19.7 Å². The third kappa shape index (κ3) is 5.55. The van der Waals surface area contributed by atoms with E-state index in [0.717, 1.165) is 5.69 Å². The fraction of sp³-hybridized carbons (Fsp3) is 0.417. The maximum Gasteiger partial charge on any atom is 0.243 e. The van der Waals surface area contributed by atoms with Gasteiger partial charge < -0.3 is 15.8 Å². The molecule has 8 heteroatoms. The summed E-state index contributed by atoms with van der Waals surface area (Å²) in [5, 5.41) is 3.04. The normalized spacial score (nSPS) is 11.2. The highest BCUT2D eigenvalue weighted by atomic mass is 32.2. The molecule has 0 atom stereocenters. The molecule has 0 aliphatic heterocycles. The molecule has 0 aliphatic carbocycles. The number of amides is 1. The van der Waals surface area contributed by atoms with Crippen LogP contribution in [0.25, 0.3) is 0 Å². The zero-order valence-electron chi connectivity index (χ0n) is 11.3.